The van der Waals surface area contributed by atoms with Crippen molar-refractivity contribution in [3.63, 3.8) is 0 Å². The molecule has 2 aromatic heterocycles. The Kier molecular flexibility index (Phi) is 3.40. The molecule has 1 amide bonds. The van der Waals surface area contributed by atoms with E-state index in [0.29, 0.717) is 16.9 Å². The van der Waals surface area contributed by atoms with Crippen LogP contribution >= 0.6 is 27.3 Å². The molecule has 0 N–H and O–H groups in total. The summed E-state index contributed by atoms with van der Waals surface area (Å²) in [4.78, 5) is 17.4. The van der Waals surface area contributed by atoms with Crippen molar-refractivity contribution in [3.8, 4) is 0 Å². The molecule has 0 aliphatic carbocycles. The summed E-state index contributed by atoms with van der Waals surface area (Å²) in [5.41, 5.74) is 2.11. The van der Waals surface area contributed by atoms with Gasteiger partial charge in [-0.2, -0.15) is 0 Å². The predicted molar refractivity (Wildman–Crippen MR) is 64.3 cm³/mol. The van der Waals surface area contributed by atoms with Crippen LogP contribution in [-0.4, -0.2) is 22.8 Å². The number of carbonyl (C=O) groups excluding carboxylic acids is 1. The molecule has 16 heavy (non-hydrogen) atoms. The fourth-order valence-electron chi connectivity index (χ4n) is 1.26. The molecule has 0 unspecified atom stereocenters. The zero-order chi connectivity index (χ0) is 11.5. The number of carbonyl (C=O) groups is 1. The van der Waals surface area contributed by atoms with Crippen LogP contribution in [0.4, 0.5) is 0 Å². The largest absolute Gasteiger partial charge is 0.452 e. The maximum Gasteiger partial charge on any atom is 0.273 e. The summed E-state index contributed by atoms with van der Waals surface area (Å²) in [5, 5.41) is 1.73. The van der Waals surface area contributed by atoms with E-state index in [-0.39, 0.29) is 5.91 Å². The second-order valence-corrected chi connectivity index (χ2v) is 4.74. The van der Waals surface area contributed by atoms with Crippen molar-refractivity contribution in [2.45, 2.75) is 6.54 Å². The van der Waals surface area contributed by atoms with Gasteiger partial charge in [0.15, 0.2) is 4.67 Å². The van der Waals surface area contributed by atoms with Crippen LogP contribution in [0.5, 0.6) is 0 Å². The fraction of sp³-hybridized carbons (Fsp3) is 0.200. The average molecular weight is 301 g/mol. The predicted octanol–water partition coefficient (Wildman–Crippen LogP) is 2.77. The maximum absolute atomic E-state index is 11.8. The zero-order valence-electron chi connectivity index (χ0n) is 8.51. The lowest BCUT2D eigenvalue weighted by atomic mass is 10.3. The number of amides is 1. The third-order valence-corrected chi connectivity index (χ3v) is 3.03. The summed E-state index contributed by atoms with van der Waals surface area (Å²) >= 11 is 4.62. The van der Waals surface area contributed by atoms with Gasteiger partial charge in [0.1, 0.15) is 11.5 Å². The third kappa shape index (κ3) is 2.51. The maximum atomic E-state index is 11.8. The van der Waals surface area contributed by atoms with Crippen molar-refractivity contribution in [3.05, 3.63) is 39.1 Å². The summed E-state index contributed by atoms with van der Waals surface area (Å²) in [6, 6.07) is 3.63. The molecular weight excluding hydrogens is 292 g/mol. The topological polar surface area (TPSA) is 46.3 Å². The number of nitrogens with zero attached hydrogens (tertiary/aromatic N) is 2. The lowest BCUT2D eigenvalue weighted by Gasteiger charge is -2.13. The first kappa shape index (κ1) is 11.3. The summed E-state index contributed by atoms with van der Waals surface area (Å²) in [7, 11) is 1.72. The summed E-state index contributed by atoms with van der Waals surface area (Å²) in [5.74, 6) is 0.631. The second kappa shape index (κ2) is 4.80. The molecule has 0 spiro atoms. The van der Waals surface area contributed by atoms with E-state index in [9.17, 15) is 4.79 Å². The van der Waals surface area contributed by atoms with Crippen molar-refractivity contribution in [1.82, 2.24) is 9.88 Å². The van der Waals surface area contributed by atoms with Gasteiger partial charge in [-0.05, 0) is 28.1 Å². The first-order valence-corrected chi connectivity index (χ1v) is 6.28. The van der Waals surface area contributed by atoms with E-state index in [1.54, 1.807) is 28.9 Å². The lowest BCUT2D eigenvalue weighted by Crippen LogP contribution is -2.26. The van der Waals surface area contributed by atoms with Crippen LogP contribution in [0.25, 0.3) is 0 Å². The average Bonchev–Trinajstić information content (AvgIpc) is 2.88. The highest BCUT2D eigenvalue weighted by Crippen LogP contribution is 2.16. The van der Waals surface area contributed by atoms with Crippen LogP contribution < -0.4 is 0 Å². The Morgan fingerprint density at radius 2 is 2.44 bits per heavy atom. The van der Waals surface area contributed by atoms with Gasteiger partial charge in [0.05, 0.1) is 12.1 Å². The van der Waals surface area contributed by atoms with Gasteiger partial charge in [-0.25, -0.2) is 4.98 Å². The van der Waals surface area contributed by atoms with Crippen LogP contribution in [0.2, 0.25) is 0 Å². The normalized spacial score (nSPS) is 10.4. The Labute approximate surface area is 105 Å². The van der Waals surface area contributed by atoms with E-state index < -0.39 is 0 Å². The number of furan rings is 1. The monoisotopic (exact) mass is 300 g/mol. The van der Waals surface area contributed by atoms with E-state index in [2.05, 4.69) is 20.9 Å². The molecule has 0 saturated carbocycles. The third-order valence-electron chi connectivity index (χ3n) is 2.02. The highest BCUT2D eigenvalue weighted by Gasteiger charge is 2.14. The Balaban J connectivity index is 2.03. The van der Waals surface area contributed by atoms with Crippen LogP contribution in [-0.2, 0) is 6.54 Å². The van der Waals surface area contributed by atoms with Gasteiger partial charge in [0.2, 0.25) is 0 Å². The number of hydrogen-bond acceptors (Lipinski definition) is 4. The van der Waals surface area contributed by atoms with Gasteiger partial charge < -0.3 is 9.32 Å². The molecule has 0 radical (unpaired) electrons. The standard InChI is InChI=1S/C10H9BrN2O2S/c1-13(4-7-2-3-9(11)15-7)10(14)8-5-16-6-12-8/h2-3,5-6H,4H2,1H3. The van der Waals surface area contributed by atoms with E-state index in [4.69, 9.17) is 4.42 Å². The highest BCUT2D eigenvalue weighted by molar-refractivity contribution is 9.10. The molecule has 0 aromatic carbocycles. The quantitative estimate of drug-likeness (QED) is 0.875. The van der Waals surface area contributed by atoms with Crippen molar-refractivity contribution < 1.29 is 9.21 Å². The summed E-state index contributed by atoms with van der Waals surface area (Å²) in [6.07, 6.45) is 0. The second-order valence-electron chi connectivity index (χ2n) is 3.24. The minimum atomic E-state index is -0.103. The Bertz CT molecular complexity index is 481. The first-order chi connectivity index (χ1) is 7.66. The molecule has 2 rings (SSSR count). The molecule has 0 aliphatic heterocycles. The van der Waals surface area contributed by atoms with Crippen molar-refractivity contribution in [2.24, 2.45) is 0 Å². The summed E-state index contributed by atoms with van der Waals surface area (Å²) in [6.45, 7) is 0.432. The molecule has 4 nitrogen and oxygen atoms in total. The highest BCUT2D eigenvalue weighted by atomic mass is 79.9. The number of aromatic nitrogens is 1. The van der Waals surface area contributed by atoms with Gasteiger partial charge in [0.25, 0.3) is 5.91 Å². The molecule has 2 heterocycles. The van der Waals surface area contributed by atoms with Crippen molar-refractivity contribution in [2.75, 3.05) is 7.05 Å². The van der Waals surface area contributed by atoms with E-state index in [0.717, 1.165) is 5.76 Å². The van der Waals surface area contributed by atoms with Crippen molar-refractivity contribution in [1.29, 1.82) is 0 Å². The molecule has 0 fully saturated rings. The molecule has 0 aliphatic rings. The fourth-order valence-corrected chi connectivity index (χ4v) is 2.12. The lowest BCUT2D eigenvalue weighted by molar-refractivity contribution is 0.0770. The first-order valence-electron chi connectivity index (χ1n) is 4.54. The van der Waals surface area contributed by atoms with Crippen LogP contribution in [0, 0.1) is 0 Å². The Morgan fingerprint density at radius 1 is 1.62 bits per heavy atom. The number of rotatable bonds is 3. The molecule has 2 aromatic rings. The minimum absolute atomic E-state index is 0.103. The number of hydrogen-bond donors (Lipinski definition) is 0. The van der Waals surface area contributed by atoms with E-state index in [1.807, 2.05) is 6.07 Å². The van der Waals surface area contributed by atoms with Gasteiger partial charge in [-0.15, -0.1) is 11.3 Å². The minimum Gasteiger partial charge on any atom is -0.452 e. The van der Waals surface area contributed by atoms with E-state index in [1.165, 1.54) is 11.3 Å². The Morgan fingerprint density at radius 3 is 3.00 bits per heavy atom. The van der Waals surface area contributed by atoms with Crippen LogP contribution in [0.3, 0.4) is 0 Å². The smallest absolute Gasteiger partial charge is 0.273 e. The van der Waals surface area contributed by atoms with Crippen molar-refractivity contribution >= 4 is 33.2 Å². The van der Waals surface area contributed by atoms with Crippen LogP contribution in [0.15, 0.2) is 32.1 Å². The molecule has 0 saturated heterocycles. The number of halogens is 1. The SMILES string of the molecule is CN(Cc1ccc(Br)o1)C(=O)c1cscn1. The van der Waals surface area contributed by atoms with E-state index >= 15 is 0 Å². The molecular formula is C10H9BrN2O2S. The Hall–Kier alpha value is -1.14. The molecule has 6 heteroatoms. The van der Waals surface area contributed by atoms with Gasteiger partial charge >= 0.3 is 0 Å². The number of thiazole rings is 1. The van der Waals surface area contributed by atoms with Crippen LogP contribution in [0.1, 0.15) is 16.2 Å². The molecule has 0 bridgehead atoms. The molecule has 84 valence electrons. The zero-order valence-corrected chi connectivity index (χ0v) is 10.9. The van der Waals surface area contributed by atoms with Gasteiger partial charge in [-0.1, -0.05) is 0 Å². The van der Waals surface area contributed by atoms with Gasteiger partial charge in [0, 0.05) is 12.4 Å². The molecule has 0 atom stereocenters. The van der Waals surface area contributed by atoms with Gasteiger partial charge in [-0.3, -0.25) is 4.79 Å². The summed E-state index contributed by atoms with van der Waals surface area (Å²) < 4.78 is 5.99.